The van der Waals surface area contributed by atoms with Gasteiger partial charge in [-0.2, -0.15) is 0 Å². The maximum Gasteiger partial charge on any atom is 0.312 e. The van der Waals surface area contributed by atoms with Crippen LogP contribution in [0.2, 0.25) is 0 Å². The lowest BCUT2D eigenvalue weighted by molar-refractivity contribution is -0.166. The van der Waals surface area contributed by atoms with Gasteiger partial charge in [-0.15, -0.1) is 5.16 Å². The standard InChI is InChI=1S/C21H33NO4/c1-4-26-19(24)21(3)11-8-17-16(18(21)9-12-22-25)6-5-14-13-15(23)7-10-20(14,17)2/h5,12,15-18,23,25H,4,6-11,13H2,1-3H3/b22-12-/t15-,16-,17+,18+,20-,21-/m0/s1. The highest BCUT2D eigenvalue weighted by atomic mass is 16.5. The van der Waals surface area contributed by atoms with E-state index >= 15 is 0 Å². The molecule has 3 aliphatic carbocycles. The number of nitrogens with zero attached hydrogens (tertiary/aromatic N) is 1. The third kappa shape index (κ3) is 3.08. The van der Waals surface area contributed by atoms with E-state index < -0.39 is 5.41 Å². The van der Waals surface area contributed by atoms with Crippen molar-refractivity contribution >= 4 is 12.2 Å². The van der Waals surface area contributed by atoms with Crippen molar-refractivity contribution in [3.63, 3.8) is 0 Å². The largest absolute Gasteiger partial charge is 0.466 e. The molecule has 5 heteroatoms. The van der Waals surface area contributed by atoms with Gasteiger partial charge in [0.15, 0.2) is 0 Å². The molecule has 0 spiro atoms. The summed E-state index contributed by atoms with van der Waals surface area (Å²) in [4.78, 5) is 12.8. The second-order valence-electron chi connectivity index (χ2n) is 8.87. The number of hydrogen-bond donors (Lipinski definition) is 2. The first-order valence-corrected chi connectivity index (χ1v) is 10.1. The van der Waals surface area contributed by atoms with Crippen molar-refractivity contribution in [2.45, 2.75) is 71.8 Å². The summed E-state index contributed by atoms with van der Waals surface area (Å²) in [6.45, 7) is 6.62. The molecule has 6 atom stereocenters. The van der Waals surface area contributed by atoms with Gasteiger partial charge in [0.25, 0.3) is 0 Å². The fourth-order valence-electron chi connectivity index (χ4n) is 6.11. The van der Waals surface area contributed by atoms with E-state index in [1.165, 1.54) is 11.8 Å². The number of carbonyl (C=O) groups excluding carboxylic acids is 1. The summed E-state index contributed by atoms with van der Waals surface area (Å²) in [5.74, 6) is 0.876. The molecule has 0 amide bonds. The smallest absolute Gasteiger partial charge is 0.312 e. The predicted molar refractivity (Wildman–Crippen MR) is 100 cm³/mol. The minimum Gasteiger partial charge on any atom is -0.466 e. The number of fused-ring (bicyclic) bond motifs is 3. The van der Waals surface area contributed by atoms with Gasteiger partial charge in [0.05, 0.1) is 18.1 Å². The molecule has 2 fully saturated rings. The van der Waals surface area contributed by atoms with Crippen LogP contribution in [0, 0.1) is 28.6 Å². The lowest BCUT2D eigenvalue weighted by Gasteiger charge is -2.57. The van der Waals surface area contributed by atoms with E-state index in [9.17, 15) is 9.90 Å². The summed E-state index contributed by atoms with van der Waals surface area (Å²) in [5.41, 5.74) is 0.993. The lowest BCUT2D eigenvalue weighted by atomic mass is 9.47. The molecule has 0 radical (unpaired) electrons. The van der Waals surface area contributed by atoms with Crippen LogP contribution >= 0.6 is 0 Å². The van der Waals surface area contributed by atoms with Crippen molar-refractivity contribution in [3.8, 4) is 0 Å². The number of carbonyl (C=O) groups is 1. The van der Waals surface area contributed by atoms with Gasteiger partial charge in [-0.05, 0) is 82.0 Å². The van der Waals surface area contributed by atoms with Gasteiger partial charge in [-0.1, -0.05) is 18.6 Å². The fourth-order valence-corrected chi connectivity index (χ4v) is 6.11. The molecule has 3 rings (SSSR count). The highest BCUT2D eigenvalue weighted by Crippen LogP contribution is 2.61. The third-order valence-electron chi connectivity index (χ3n) is 7.65. The zero-order chi connectivity index (χ0) is 18.9. The molecule has 146 valence electrons. The SMILES string of the molecule is CCOC(=O)[C@@]1(C)CC[C@@H]2[C@H](CC=C3C[C@@H](O)CC[C@@]32C)[C@H]1C/C=N\O. The molecule has 0 aromatic rings. The zero-order valence-corrected chi connectivity index (χ0v) is 16.3. The van der Waals surface area contributed by atoms with Gasteiger partial charge in [0.1, 0.15) is 0 Å². The van der Waals surface area contributed by atoms with Crippen LogP contribution in [-0.4, -0.2) is 35.2 Å². The van der Waals surface area contributed by atoms with Gasteiger partial charge < -0.3 is 15.1 Å². The zero-order valence-electron chi connectivity index (χ0n) is 16.3. The molecule has 2 N–H and O–H groups in total. The Morgan fingerprint density at radius 2 is 2.15 bits per heavy atom. The number of aliphatic hydroxyl groups excluding tert-OH is 1. The Morgan fingerprint density at radius 3 is 2.85 bits per heavy atom. The highest BCUT2D eigenvalue weighted by molar-refractivity contribution is 5.78. The Morgan fingerprint density at radius 1 is 1.38 bits per heavy atom. The number of ether oxygens (including phenoxy) is 1. The van der Waals surface area contributed by atoms with E-state index in [2.05, 4.69) is 18.2 Å². The molecule has 2 saturated carbocycles. The van der Waals surface area contributed by atoms with Crippen molar-refractivity contribution < 1.29 is 19.8 Å². The van der Waals surface area contributed by atoms with Crippen LogP contribution in [0.3, 0.4) is 0 Å². The molecular formula is C21H33NO4. The van der Waals surface area contributed by atoms with Crippen LogP contribution in [0.5, 0.6) is 0 Å². The monoisotopic (exact) mass is 363 g/mol. The van der Waals surface area contributed by atoms with Gasteiger partial charge in [-0.3, -0.25) is 4.79 Å². The number of rotatable bonds is 4. The quantitative estimate of drug-likeness (QED) is 0.261. The van der Waals surface area contributed by atoms with Crippen molar-refractivity contribution in [2.24, 2.45) is 33.7 Å². The number of allylic oxidation sites excluding steroid dienone is 1. The molecule has 26 heavy (non-hydrogen) atoms. The number of esters is 1. The molecular weight excluding hydrogens is 330 g/mol. The summed E-state index contributed by atoms with van der Waals surface area (Å²) >= 11 is 0. The Balaban J connectivity index is 1.94. The molecule has 0 unspecified atom stereocenters. The predicted octanol–water partition coefficient (Wildman–Crippen LogP) is 3.93. The Bertz CT molecular complexity index is 601. The third-order valence-corrected chi connectivity index (χ3v) is 7.65. The van der Waals surface area contributed by atoms with Crippen LogP contribution in [0.4, 0.5) is 0 Å². The van der Waals surface area contributed by atoms with Crippen LogP contribution in [-0.2, 0) is 9.53 Å². The van der Waals surface area contributed by atoms with E-state index in [4.69, 9.17) is 9.94 Å². The van der Waals surface area contributed by atoms with E-state index in [0.29, 0.717) is 24.9 Å². The summed E-state index contributed by atoms with van der Waals surface area (Å²) in [6.07, 6.45) is 9.65. The topological polar surface area (TPSA) is 79.1 Å². The second-order valence-corrected chi connectivity index (χ2v) is 8.87. The maximum atomic E-state index is 12.8. The Hall–Kier alpha value is -1.36. The first-order valence-electron chi connectivity index (χ1n) is 10.1. The first kappa shape index (κ1) is 19.4. The van der Waals surface area contributed by atoms with E-state index in [0.717, 1.165) is 38.5 Å². The van der Waals surface area contributed by atoms with Crippen molar-refractivity contribution in [1.29, 1.82) is 0 Å². The second kappa shape index (κ2) is 7.34. The van der Waals surface area contributed by atoms with Crippen LogP contribution in [0.15, 0.2) is 16.8 Å². The normalized spacial score (nSPS) is 42.7. The van der Waals surface area contributed by atoms with Gasteiger partial charge in [-0.25, -0.2) is 0 Å². The van der Waals surface area contributed by atoms with Crippen LogP contribution < -0.4 is 0 Å². The van der Waals surface area contributed by atoms with Gasteiger partial charge in [0.2, 0.25) is 0 Å². The summed E-state index contributed by atoms with van der Waals surface area (Å²) in [6, 6.07) is 0. The minimum atomic E-state index is -0.533. The molecule has 0 aromatic heterocycles. The fraction of sp³-hybridized carbons (Fsp3) is 0.810. The van der Waals surface area contributed by atoms with E-state index in [1.807, 2.05) is 13.8 Å². The van der Waals surface area contributed by atoms with Gasteiger partial charge >= 0.3 is 5.97 Å². The average Bonchev–Trinajstić information content (AvgIpc) is 2.61. The number of aliphatic hydroxyl groups is 1. The van der Waals surface area contributed by atoms with E-state index in [-0.39, 0.29) is 23.4 Å². The molecule has 3 aliphatic rings. The minimum absolute atomic E-state index is 0.109. The van der Waals surface area contributed by atoms with Crippen LogP contribution in [0.1, 0.15) is 65.7 Å². The Labute approximate surface area is 156 Å². The first-order chi connectivity index (χ1) is 12.4. The molecule has 0 aromatic carbocycles. The summed E-state index contributed by atoms with van der Waals surface area (Å²) in [7, 11) is 0. The van der Waals surface area contributed by atoms with Crippen molar-refractivity contribution in [3.05, 3.63) is 11.6 Å². The summed E-state index contributed by atoms with van der Waals surface area (Å²) < 4.78 is 5.43. The van der Waals surface area contributed by atoms with Crippen molar-refractivity contribution in [2.75, 3.05) is 6.61 Å². The number of hydrogen-bond acceptors (Lipinski definition) is 5. The molecule has 0 bridgehead atoms. The summed E-state index contributed by atoms with van der Waals surface area (Å²) in [5, 5.41) is 22.3. The van der Waals surface area contributed by atoms with E-state index in [1.54, 1.807) is 0 Å². The number of oxime groups is 1. The molecule has 0 saturated heterocycles. The van der Waals surface area contributed by atoms with Crippen LogP contribution in [0.25, 0.3) is 0 Å². The highest BCUT2D eigenvalue weighted by Gasteiger charge is 2.57. The lowest BCUT2D eigenvalue weighted by Crippen LogP contribution is -2.53. The molecule has 0 heterocycles. The van der Waals surface area contributed by atoms with Gasteiger partial charge in [0, 0.05) is 6.21 Å². The maximum absolute atomic E-state index is 12.8. The van der Waals surface area contributed by atoms with Crippen molar-refractivity contribution in [1.82, 2.24) is 0 Å². The molecule has 5 nitrogen and oxygen atoms in total. The average molecular weight is 363 g/mol. The Kier molecular flexibility index (Phi) is 5.48. The molecule has 0 aliphatic heterocycles.